The van der Waals surface area contributed by atoms with Crippen molar-refractivity contribution in [2.75, 3.05) is 14.1 Å². The van der Waals surface area contributed by atoms with Crippen molar-refractivity contribution < 1.29 is 9.59 Å². The second-order valence-electron chi connectivity index (χ2n) is 3.99. The first-order chi connectivity index (χ1) is 7.49. The zero-order valence-corrected chi connectivity index (χ0v) is 9.47. The average Bonchev–Trinajstić information content (AvgIpc) is 2.47. The molecule has 2 heterocycles. The van der Waals surface area contributed by atoms with Crippen molar-refractivity contribution in [2.24, 2.45) is 0 Å². The fourth-order valence-electron chi connectivity index (χ4n) is 1.91. The molecule has 1 aliphatic heterocycles. The van der Waals surface area contributed by atoms with E-state index in [9.17, 15) is 9.59 Å². The van der Waals surface area contributed by atoms with Crippen LogP contribution in [0.25, 0.3) is 0 Å². The number of rotatable bonds is 1. The highest BCUT2D eigenvalue weighted by molar-refractivity contribution is 6.06. The molecule has 1 saturated heterocycles. The molecule has 1 fully saturated rings. The zero-order valence-electron chi connectivity index (χ0n) is 9.47. The van der Waals surface area contributed by atoms with Crippen LogP contribution in [0.4, 0.5) is 4.79 Å². The van der Waals surface area contributed by atoms with Gasteiger partial charge in [-0.15, -0.1) is 0 Å². The van der Waals surface area contributed by atoms with E-state index in [-0.39, 0.29) is 11.9 Å². The Morgan fingerprint density at radius 2 is 1.94 bits per heavy atom. The highest BCUT2D eigenvalue weighted by Gasteiger charge is 2.53. The van der Waals surface area contributed by atoms with Gasteiger partial charge in [-0.25, -0.2) is 4.79 Å². The zero-order chi connectivity index (χ0) is 11.9. The lowest BCUT2D eigenvalue weighted by Gasteiger charge is -2.27. The Hall–Kier alpha value is -1.91. The molecule has 5 nitrogen and oxygen atoms in total. The Labute approximate surface area is 93.7 Å². The van der Waals surface area contributed by atoms with Gasteiger partial charge in [0, 0.05) is 20.3 Å². The minimum Gasteiger partial charge on any atom is -0.307 e. The van der Waals surface area contributed by atoms with Crippen LogP contribution in [0.2, 0.25) is 0 Å². The van der Waals surface area contributed by atoms with E-state index in [0.29, 0.717) is 5.69 Å². The highest BCUT2D eigenvalue weighted by Crippen LogP contribution is 2.33. The van der Waals surface area contributed by atoms with Gasteiger partial charge in [-0.1, -0.05) is 6.07 Å². The number of aromatic nitrogens is 1. The van der Waals surface area contributed by atoms with Gasteiger partial charge in [-0.3, -0.25) is 14.7 Å². The number of likely N-dealkylation sites (N-methyl/N-ethyl adjacent to an activating group) is 2. The summed E-state index contributed by atoms with van der Waals surface area (Å²) >= 11 is 0. The second-order valence-corrected chi connectivity index (χ2v) is 3.99. The summed E-state index contributed by atoms with van der Waals surface area (Å²) in [4.78, 5) is 30.5. The Bertz CT molecular complexity index is 446. The topological polar surface area (TPSA) is 53.5 Å². The molecule has 1 unspecified atom stereocenters. The van der Waals surface area contributed by atoms with Crippen molar-refractivity contribution in [3.05, 3.63) is 30.1 Å². The number of hydrogen-bond donors (Lipinski definition) is 0. The molecule has 3 amide bonds. The van der Waals surface area contributed by atoms with Gasteiger partial charge in [0.05, 0.1) is 5.69 Å². The Kier molecular flexibility index (Phi) is 2.18. The predicted molar refractivity (Wildman–Crippen MR) is 57.5 cm³/mol. The van der Waals surface area contributed by atoms with Crippen molar-refractivity contribution in [3.8, 4) is 0 Å². The van der Waals surface area contributed by atoms with Crippen LogP contribution >= 0.6 is 0 Å². The van der Waals surface area contributed by atoms with E-state index in [1.165, 1.54) is 11.9 Å². The standard InChI is InChI=1S/C11H13N3O2/c1-11(8-6-4-5-7-12-8)9(15)13(2)10(16)14(11)3/h4-7H,1-3H3. The molecule has 0 radical (unpaired) electrons. The van der Waals surface area contributed by atoms with Crippen LogP contribution in [0.1, 0.15) is 12.6 Å². The number of carbonyl (C=O) groups is 2. The van der Waals surface area contributed by atoms with E-state index >= 15 is 0 Å². The third-order valence-electron chi connectivity index (χ3n) is 3.13. The van der Waals surface area contributed by atoms with Crippen molar-refractivity contribution >= 4 is 11.9 Å². The molecule has 2 rings (SSSR count). The summed E-state index contributed by atoms with van der Waals surface area (Å²) in [5, 5.41) is 0. The monoisotopic (exact) mass is 219 g/mol. The molecule has 5 heteroatoms. The van der Waals surface area contributed by atoms with Gasteiger partial charge in [-0.2, -0.15) is 0 Å². The summed E-state index contributed by atoms with van der Waals surface area (Å²) in [5.74, 6) is -0.251. The number of amides is 3. The molecule has 1 aromatic rings. The van der Waals surface area contributed by atoms with Crippen LogP contribution in [0.15, 0.2) is 24.4 Å². The largest absolute Gasteiger partial charge is 0.327 e. The predicted octanol–water partition coefficient (Wildman–Crippen LogP) is 0.821. The number of nitrogens with zero attached hydrogens (tertiary/aromatic N) is 3. The molecule has 1 aromatic heterocycles. The first-order valence-electron chi connectivity index (χ1n) is 4.97. The van der Waals surface area contributed by atoms with Crippen molar-refractivity contribution in [1.82, 2.24) is 14.8 Å². The molecule has 84 valence electrons. The fraction of sp³-hybridized carbons (Fsp3) is 0.364. The SMILES string of the molecule is CN1C(=O)N(C)C(C)(c2ccccn2)C1=O. The third-order valence-corrected chi connectivity index (χ3v) is 3.13. The first kappa shape index (κ1) is 10.6. The molecule has 1 atom stereocenters. The molecular weight excluding hydrogens is 206 g/mol. The maximum Gasteiger partial charge on any atom is 0.327 e. The van der Waals surface area contributed by atoms with Gasteiger partial charge >= 0.3 is 6.03 Å². The van der Waals surface area contributed by atoms with Gasteiger partial charge in [0.25, 0.3) is 5.91 Å². The van der Waals surface area contributed by atoms with Crippen LogP contribution in [-0.4, -0.2) is 40.8 Å². The van der Waals surface area contributed by atoms with Gasteiger partial charge in [-0.05, 0) is 19.1 Å². The van der Waals surface area contributed by atoms with Gasteiger partial charge in [0.15, 0.2) is 5.54 Å². The summed E-state index contributed by atoms with van der Waals surface area (Å²) < 4.78 is 0. The normalized spacial score (nSPS) is 25.4. The molecule has 0 N–H and O–H groups in total. The van der Waals surface area contributed by atoms with E-state index in [4.69, 9.17) is 0 Å². The Morgan fingerprint density at radius 1 is 1.25 bits per heavy atom. The molecular formula is C11H13N3O2. The summed E-state index contributed by atoms with van der Waals surface area (Å²) in [6.45, 7) is 1.71. The van der Waals surface area contributed by atoms with Gasteiger partial charge in [0.2, 0.25) is 0 Å². The van der Waals surface area contributed by atoms with Gasteiger partial charge in [0.1, 0.15) is 0 Å². The van der Waals surface area contributed by atoms with Crippen molar-refractivity contribution in [3.63, 3.8) is 0 Å². The van der Waals surface area contributed by atoms with E-state index < -0.39 is 5.54 Å². The maximum atomic E-state index is 12.1. The lowest BCUT2D eigenvalue weighted by molar-refractivity contribution is -0.132. The molecule has 16 heavy (non-hydrogen) atoms. The first-order valence-corrected chi connectivity index (χ1v) is 4.97. The van der Waals surface area contributed by atoms with Crippen LogP contribution < -0.4 is 0 Å². The number of urea groups is 1. The molecule has 0 aromatic carbocycles. The second kappa shape index (κ2) is 3.30. The lowest BCUT2D eigenvalue weighted by atomic mass is 9.96. The average molecular weight is 219 g/mol. The minimum atomic E-state index is -0.993. The smallest absolute Gasteiger partial charge is 0.307 e. The number of carbonyl (C=O) groups excluding carboxylic acids is 2. The van der Waals surface area contributed by atoms with Crippen LogP contribution in [0.3, 0.4) is 0 Å². The summed E-state index contributed by atoms with van der Waals surface area (Å²) in [6.07, 6.45) is 1.62. The summed E-state index contributed by atoms with van der Waals surface area (Å²) in [5.41, 5.74) is -0.409. The Balaban J connectivity index is 2.54. The maximum absolute atomic E-state index is 12.1. The number of pyridine rings is 1. The van der Waals surface area contributed by atoms with Crippen molar-refractivity contribution in [1.29, 1.82) is 0 Å². The molecule has 1 aliphatic rings. The van der Waals surface area contributed by atoms with E-state index in [2.05, 4.69) is 4.98 Å². The molecule has 0 saturated carbocycles. The Morgan fingerprint density at radius 3 is 2.38 bits per heavy atom. The molecule has 0 bridgehead atoms. The summed E-state index contributed by atoms with van der Waals surface area (Å²) in [6, 6.07) is 5.02. The fourth-order valence-corrected chi connectivity index (χ4v) is 1.91. The van der Waals surface area contributed by atoms with Crippen molar-refractivity contribution in [2.45, 2.75) is 12.5 Å². The number of hydrogen-bond acceptors (Lipinski definition) is 3. The van der Waals surface area contributed by atoms with Crippen LogP contribution in [-0.2, 0) is 10.3 Å². The highest BCUT2D eigenvalue weighted by atomic mass is 16.2. The van der Waals surface area contributed by atoms with E-state index in [1.54, 1.807) is 38.4 Å². The van der Waals surface area contributed by atoms with E-state index in [0.717, 1.165) is 4.90 Å². The third kappa shape index (κ3) is 1.14. The minimum absolute atomic E-state index is 0.251. The number of imide groups is 1. The van der Waals surface area contributed by atoms with Crippen LogP contribution in [0.5, 0.6) is 0 Å². The van der Waals surface area contributed by atoms with Crippen LogP contribution in [0, 0.1) is 0 Å². The molecule has 0 aliphatic carbocycles. The van der Waals surface area contributed by atoms with E-state index in [1.807, 2.05) is 0 Å². The summed E-state index contributed by atoms with van der Waals surface area (Å²) in [7, 11) is 3.09. The quantitative estimate of drug-likeness (QED) is 0.657. The lowest BCUT2D eigenvalue weighted by Crippen LogP contribution is -2.42. The molecule has 0 spiro atoms. The van der Waals surface area contributed by atoms with Gasteiger partial charge < -0.3 is 4.90 Å².